The van der Waals surface area contributed by atoms with Gasteiger partial charge in [-0.15, -0.1) is 0 Å². The van der Waals surface area contributed by atoms with Gasteiger partial charge >= 0.3 is 0 Å². The molecule has 0 unspecified atom stereocenters. The van der Waals surface area contributed by atoms with Gasteiger partial charge in [0.2, 0.25) is 5.91 Å². The third-order valence-electron chi connectivity index (χ3n) is 3.84. The van der Waals surface area contributed by atoms with E-state index in [2.05, 4.69) is 22.4 Å². The Morgan fingerprint density at radius 3 is 2.68 bits per heavy atom. The van der Waals surface area contributed by atoms with Crippen molar-refractivity contribution in [3.8, 4) is 0 Å². The number of carbonyl (C=O) groups is 2. The first-order valence-electron chi connectivity index (χ1n) is 7.74. The van der Waals surface area contributed by atoms with E-state index in [1.54, 1.807) is 0 Å². The number of aromatic nitrogens is 2. The van der Waals surface area contributed by atoms with Gasteiger partial charge in [0, 0.05) is 31.6 Å². The Balaban J connectivity index is 1.79. The van der Waals surface area contributed by atoms with Gasteiger partial charge in [-0.2, -0.15) is 5.10 Å². The molecular formula is C15H22N4O3. The zero-order valence-electron chi connectivity index (χ0n) is 12.8. The van der Waals surface area contributed by atoms with Crippen molar-refractivity contribution in [2.24, 2.45) is 0 Å². The van der Waals surface area contributed by atoms with E-state index in [-0.39, 0.29) is 29.1 Å². The molecule has 2 heterocycles. The van der Waals surface area contributed by atoms with E-state index in [9.17, 15) is 14.4 Å². The standard InChI is InChI=1S/C15H22N4O3/c1-2-3-4-14(21)19-9-7-11(8-10-19)16-15(22)12-5-6-13(20)18-17-12/h5-6,11H,2-4,7-10H2,1H3,(H,16,22)(H,18,20). The first-order valence-corrected chi connectivity index (χ1v) is 7.74. The average molecular weight is 306 g/mol. The van der Waals surface area contributed by atoms with Gasteiger partial charge in [-0.05, 0) is 25.3 Å². The second-order valence-corrected chi connectivity index (χ2v) is 5.54. The van der Waals surface area contributed by atoms with Crippen molar-refractivity contribution in [2.45, 2.75) is 45.1 Å². The molecule has 7 heteroatoms. The summed E-state index contributed by atoms with van der Waals surface area (Å²) in [5, 5.41) is 8.84. The number of piperidine rings is 1. The van der Waals surface area contributed by atoms with Crippen LogP contribution in [0.15, 0.2) is 16.9 Å². The van der Waals surface area contributed by atoms with Gasteiger partial charge in [-0.3, -0.25) is 14.4 Å². The summed E-state index contributed by atoms with van der Waals surface area (Å²) in [7, 11) is 0. The lowest BCUT2D eigenvalue weighted by atomic mass is 10.0. The summed E-state index contributed by atoms with van der Waals surface area (Å²) in [6, 6.07) is 2.71. The van der Waals surface area contributed by atoms with Crippen LogP contribution < -0.4 is 10.9 Å². The SMILES string of the molecule is CCCCC(=O)N1CCC(NC(=O)c2ccc(=O)[nH]n2)CC1. The molecule has 1 aromatic heterocycles. The van der Waals surface area contributed by atoms with E-state index in [4.69, 9.17) is 0 Å². The number of hydrogen-bond acceptors (Lipinski definition) is 4. The van der Waals surface area contributed by atoms with Crippen LogP contribution in [0.4, 0.5) is 0 Å². The molecule has 22 heavy (non-hydrogen) atoms. The fraction of sp³-hybridized carbons (Fsp3) is 0.600. The molecule has 0 aromatic carbocycles. The van der Waals surface area contributed by atoms with E-state index in [0.29, 0.717) is 19.5 Å². The van der Waals surface area contributed by atoms with Gasteiger partial charge < -0.3 is 10.2 Å². The average Bonchev–Trinajstić information content (AvgIpc) is 2.54. The summed E-state index contributed by atoms with van der Waals surface area (Å²) in [6.45, 7) is 3.42. The van der Waals surface area contributed by atoms with Gasteiger partial charge in [0.1, 0.15) is 5.69 Å². The number of unbranched alkanes of at least 4 members (excludes halogenated alkanes) is 1. The third-order valence-corrected chi connectivity index (χ3v) is 3.84. The van der Waals surface area contributed by atoms with Crippen LogP contribution in [0.1, 0.15) is 49.5 Å². The lowest BCUT2D eigenvalue weighted by Gasteiger charge is -2.32. The van der Waals surface area contributed by atoms with Crippen LogP contribution in [0.5, 0.6) is 0 Å². The maximum absolute atomic E-state index is 12.0. The Hall–Kier alpha value is -2.18. The largest absolute Gasteiger partial charge is 0.348 e. The number of aromatic amines is 1. The fourth-order valence-corrected chi connectivity index (χ4v) is 2.49. The van der Waals surface area contributed by atoms with E-state index in [0.717, 1.165) is 25.7 Å². The predicted octanol–water partition coefficient (Wildman–Crippen LogP) is 0.681. The molecule has 0 spiro atoms. The number of likely N-dealkylation sites (tertiary alicyclic amines) is 1. The number of H-pyrrole nitrogens is 1. The van der Waals surface area contributed by atoms with E-state index >= 15 is 0 Å². The van der Waals surface area contributed by atoms with Crippen LogP contribution in [0.3, 0.4) is 0 Å². The highest BCUT2D eigenvalue weighted by molar-refractivity contribution is 5.92. The Morgan fingerprint density at radius 2 is 2.09 bits per heavy atom. The first kappa shape index (κ1) is 16.2. The monoisotopic (exact) mass is 306 g/mol. The number of nitrogens with zero attached hydrogens (tertiary/aromatic N) is 2. The molecule has 2 rings (SSSR count). The highest BCUT2D eigenvalue weighted by Crippen LogP contribution is 2.13. The van der Waals surface area contributed by atoms with Gasteiger partial charge in [0.25, 0.3) is 11.5 Å². The van der Waals surface area contributed by atoms with Crippen LogP contribution in [0.25, 0.3) is 0 Å². The summed E-state index contributed by atoms with van der Waals surface area (Å²) in [6.07, 6.45) is 4.03. The highest BCUT2D eigenvalue weighted by Gasteiger charge is 2.24. The molecule has 0 saturated carbocycles. The summed E-state index contributed by atoms with van der Waals surface area (Å²) in [4.78, 5) is 36.7. The minimum Gasteiger partial charge on any atom is -0.348 e. The minimum atomic E-state index is -0.338. The molecule has 1 aliphatic heterocycles. The third kappa shape index (κ3) is 4.41. The smallest absolute Gasteiger partial charge is 0.271 e. The van der Waals surface area contributed by atoms with E-state index in [1.807, 2.05) is 4.90 Å². The van der Waals surface area contributed by atoms with Crippen molar-refractivity contribution < 1.29 is 9.59 Å². The van der Waals surface area contributed by atoms with Crippen LogP contribution in [-0.4, -0.2) is 46.0 Å². The Kier molecular flexibility index (Phi) is 5.68. The zero-order valence-corrected chi connectivity index (χ0v) is 12.8. The van der Waals surface area contributed by atoms with Crippen molar-refractivity contribution in [3.63, 3.8) is 0 Å². The maximum Gasteiger partial charge on any atom is 0.271 e. The fourth-order valence-electron chi connectivity index (χ4n) is 2.49. The summed E-state index contributed by atoms with van der Waals surface area (Å²) < 4.78 is 0. The summed E-state index contributed by atoms with van der Waals surface area (Å²) in [5.41, 5.74) is -0.142. The number of nitrogens with one attached hydrogen (secondary N) is 2. The number of amides is 2. The van der Waals surface area contributed by atoms with Crippen LogP contribution in [-0.2, 0) is 4.79 Å². The Labute approximate surface area is 129 Å². The molecule has 0 radical (unpaired) electrons. The number of rotatable bonds is 5. The molecule has 0 aliphatic carbocycles. The van der Waals surface area contributed by atoms with Gasteiger partial charge in [-0.1, -0.05) is 13.3 Å². The van der Waals surface area contributed by atoms with Crippen molar-refractivity contribution in [1.29, 1.82) is 0 Å². The first-order chi connectivity index (χ1) is 10.6. The second-order valence-electron chi connectivity index (χ2n) is 5.54. The quantitative estimate of drug-likeness (QED) is 0.836. The minimum absolute atomic E-state index is 0.0384. The Morgan fingerprint density at radius 1 is 1.36 bits per heavy atom. The molecule has 1 fully saturated rings. The zero-order chi connectivity index (χ0) is 15.9. The van der Waals surface area contributed by atoms with Crippen molar-refractivity contribution >= 4 is 11.8 Å². The topological polar surface area (TPSA) is 95.2 Å². The van der Waals surface area contributed by atoms with Crippen LogP contribution in [0, 0.1) is 0 Å². The van der Waals surface area contributed by atoms with Gasteiger partial charge in [-0.25, -0.2) is 5.10 Å². The summed E-state index contributed by atoms with van der Waals surface area (Å²) in [5.74, 6) is -0.0964. The molecule has 1 aromatic rings. The van der Waals surface area contributed by atoms with E-state index in [1.165, 1.54) is 12.1 Å². The number of hydrogen-bond donors (Lipinski definition) is 2. The normalized spacial score (nSPS) is 15.6. The lowest BCUT2D eigenvalue weighted by Crippen LogP contribution is -2.46. The predicted molar refractivity (Wildman–Crippen MR) is 81.5 cm³/mol. The number of carbonyl (C=O) groups excluding carboxylic acids is 2. The van der Waals surface area contributed by atoms with Gasteiger partial charge in [0.05, 0.1) is 0 Å². The molecule has 0 atom stereocenters. The Bertz CT molecular complexity index is 556. The molecule has 7 nitrogen and oxygen atoms in total. The lowest BCUT2D eigenvalue weighted by molar-refractivity contribution is -0.132. The van der Waals surface area contributed by atoms with Crippen LogP contribution in [0.2, 0.25) is 0 Å². The van der Waals surface area contributed by atoms with Gasteiger partial charge in [0.15, 0.2) is 0 Å². The van der Waals surface area contributed by atoms with Crippen molar-refractivity contribution in [1.82, 2.24) is 20.4 Å². The second kappa shape index (κ2) is 7.72. The highest BCUT2D eigenvalue weighted by atomic mass is 16.2. The molecule has 120 valence electrons. The molecular weight excluding hydrogens is 284 g/mol. The van der Waals surface area contributed by atoms with E-state index < -0.39 is 0 Å². The molecule has 2 amide bonds. The van der Waals surface area contributed by atoms with Crippen molar-refractivity contribution in [3.05, 3.63) is 28.2 Å². The molecule has 2 N–H and O–H groups in total. The summed E-state index contributed by atoms with van der Waals surface area (Å²) >= 11 is 0. The molecule has 1 aliphatic rings. The van der Waals surface area contributed by atoms with Crippen molar-refractivity contribution in [2.75, 3.05) is 13.1 Å². The molecule has 1 saturated heterocycles. The van der Waals surface area contributed by atoms with Crippen LogP contribution >= 0.6 is 0 Å². The maximum atomic E-state index is 12.0. The molecule has 0 bridgehead atoms.